The van der Waals surface area contributed by atoms with Crippen molar-refractivity contribution in [3.63, 3.8) is 0 Å². The first-order valence-corrected chi connectivity index (χ1v) is 14.6. The van der Waals surface area contributed by atoms with Gasteiger partial charge in [0.1, 0.15) is 23.2 Å². The predicted molar refractivity (Wildman–Crippen MR) is 147 cm³/mol. The molecule has 208 valence electrons. The molecule has 0 aromatic heterocycles. The van der Waals surface area contributed by atoms with Gasteiger partial charge in [0.25, 0.3) is 0 Å². The second-order valence-electron chi connectivity index (χ2n) is 10.3. The Labute approximate surface area is 227 Å². The van der Waals surface area contributed by atoms with Crippen molar-refractivity contribution in [2.75, 3.05) is 13.2 Å². The summed E-state index contributed by atoms with van der Waals surface area (Å²) in [6.07, 6.45) is 13.9. The second-order valence-corrected chi connectivity index (χ2v) is 10.7. The molecule has 4 atom stereocenters. The van der Waals surface area contributed by atoms with Gasteiger partial charge in [-0.15, -0.1) is 0 Å². The number of allylic oxidation sites excluding steroid dienone is 1. The molecular weight excluding hydrogens is 492 g/mol. The number of hydrogen-bond donors (Lipinski definition) is 1. The molecule has 2 aliphatic heterocycles. The molecule has 3 rings (SSSR count). The molecule has 6 nitrogen and oxygen atoms in total. The van der Waals surface area contributed by atoms with E-state index in [0.29, 0.717) is 41.7 Å². The van der Waals surface area contributed by atoms with Crippen molar-refractivity contribution in [3.05, 3.63) is 34.4 Å². The van der Waals surface area contributed by atoms with Gasteiger partial charge < -0.3 is 24.1 Å². The molecule has 0 unspecified atom stereocenters. The topological polar surface area (TPSA) is 77.5 Å². The molecule has 0 aliphatic carbocycles. The van der Waals surface area contributed by atoms with E-state index in [4.69, 9.17) is 30.5 Å². The van der Waals surface area contributed by atoms with Crippen LogP contribution in [-0.4, -0.2) is 48.7 Å². The van der Waals surface area contributed by atoms with Gasteiger partial charge in [-0.3, -0.25) is 0 Å². The summed E-state index contributed by atoms with van der Waals surface area (Å²) in [5.41, 5.74) is 0.784. The van der Waals surface area contributed by atoms with Gasteiger partial charge in [0.15, 0.2) is 0 Å². The molecule has 1 saturated heterocycles. The van der Waals surface area contributed by atoms with Crippen molar-refractivity contribution < 1.29 is 28.8 Å². The Bertz CT molecular complexity index is 885. The number of carbonyl (C=O) groups is 1. The Morgan fingerprint density at radius 1 is 1.00 bits per heavy atom. The van der Waals surface area contributed by atoms with Crippen LogP contribution in [-0.2, 0) is 15.9 Å². The van der Waals surface area contributed by atoms with E-state index in [2.05, 4.69) is 13.8 Å². The van der Waals surface area contributed by atoms with Crippen LogP contribution in [0.1, 0.15) is 107 Å². The lowest BCUT2D eigenvalue weighted by Gasteiger charge is -2.22. The molecule has 0 bridgehead atoms. The molecule has 0 spiro atoms. The van der Waals surface area contributed by atoms with E-state index in [9.17, 15) is 9.90 Å². The van der Waals surface area contributed by atoms with Crippen molar-refractivity contribution in [2.24, 2.45) is 0 Å². The number of halogens is 1. The van der Waals surface area contributed by atoms with E-state index in [1.807, 2.05) is 13.0 Å². The van der Waals surface area contributed by atoms with E-state index in [1.54, 1.807) is 12.1 Å². The van der Waals surface area contributed by atoms with Gasteiger partial charge in [0, 0.05) is 18.9 Å². The Morgan fingerprint density at radius 3 is 2.35 bits per heavy atom. The highest BCUT2D eigenvalue weighted by molar-refractivity contribution is 6.33. The fourth-order valence-electron chi connectivity index (χ4n) is 4.77. The number of aliphatic hydroxyl groups is 1. The maximum absolute atomic E-state index is 13.5. The van der Waals surface area contributed by atoms with E-state index in [1.165, 1.54) is 0 Å². The Hall–Kier alpha value is -1.76. The van der Waals surface area contributed by atoms with Crippen LogP contribution in [0.15, 0.2) is 18.2 Å². The number of carbonyl (C=O) groups excluding carboxylic acids is 1. The van der Waals surface area contributed by atoms with Crippen LogP contribution in [0, 0.1) is 0 Å². The van der Waals surface area contributed by atoms with Crippen molar-refractivity contribution in [1.29, 1.82) is 0 Å². The smallest absolute Gasteiger partial charge is 0.342 e. The van der Waals surface area contributed by atoms with Crippen LogP contribution in [0.3, 0.4) is 0 Å². The molecule has 1 aromatic rings. The highest BCUT2D eigenvalue weighted by Gasteiger charge is 2.39. The summed E-state index contributed by atoms with van der Waals surface area (Å²) in [6.45, 7) is 7.23. The summed E-state index contributed by atoms with van der Waals surface area (Å²) >= 11 is 6.85. The number of esters is 1. The summed E-state index contributed by atoms with van der Waals surface area (Å²) in [7, 11) is 0. The fourth-order valence-corrected chi connectivity index (χ4v) is 5.05. The minimum Gasteiger partial charge on any atom is -0.493 e. The molecule has 1 aromatic carbocycles. The highest BCUT2D eigenvalue weighted by atomic mass is 35.5. The molecule has 37 heavy (non-hydrogen) atoms. The standard InChI is InChI=1S/C30H45ClO6/c1-4-6-8-12-16-34-26-20-27(35-17-13-9-7-5-2)29(31)23-19-22(32)14-10-11-15-24-25(37-24)18-21(3)36-30(33)28(23)26/h10,14,20-22,24-25,32H,4-9,11-13,15-19H2,1-3H3/t21-,22+,24+,25+/m1/s1. The van der Waals surface area contributed by atoms with E-state index >= 15 is 0 Å². The molecule has 2 aliphatic rings. The number of cyclic esters (lactones) is 1. The Kier molecular flexibility index (Phi) is 12.6. The molecule has 1 N–H and O–H groups in total. The van der Waals surface area contributed by atoms with E-state index in [0.717, 1.165) is 64.2 Å². The number of epoxide rings is 1. The lowest BCUT2D eigenvalue weighted by Crippen LogP contribution is -2.21. The summed E-state index contributed by atoms with van der Waals surface area (Å²) in [4.78, 5) is 13.5. The number of aliphatic hydroxyl groups excluding tert-OH is 1. The number of rotatable bonds is 12. The number of hydrogen-bond acceptors (Lipinski definition) is 6. The molecule has 1 fully saturated rings. The molecule has 0 radical (unpaired) electrons. The molecule has 2 heterocycles. The van der Waals surface area contributed by atoms with Gasteiger partial charge >= 0.3 is 5.97 Å². The van der Waals surface area contributed by atoms with Crippen molar-refractivity contribution in [2.45, 2.75) is 122 Å². The molecule has 7 heteroatoms. The normalized spacial score (nSPS) is 24.0. The summed E-state index contributed by atoms with van der Waals surface area (Å²) in [5, 5.41) is 11.2. The third-order valence-electron chi connectivity index (χ3n) is 6.96. The molecule has 0 saturated carbocycles. The summed E-state index contributed by atoms with van der Waals surface area (Å²) in [6, 6.07) is 1.72. The van der Waals surface area contributed by atoms with Crippen LogP contribution in [0.25, 0.3) is 0 Å². The zero-order valence-corrected chi connectivity index (χ0v) is 23.6. The van der Waals surface area contributed by atoms with Crippen LogP contribution in [0.2, 0.25) is 5.02 Å². The van der Waals surface area contributed by atoms with E-state index in [-0.39, 0.29) is 30.3 Å². The first-order valence-electron chi connectivity index (χ1n) is 14.3. The zero-order valence-electron chi connectivity index (χ0n) is 22.8. The predicted octanol–water partition coefficient (Wildman–Crippen LogP) is 7.21. The Balaban J connectivity index is 1.92. The van der Waals surface area contributed by atoms with Gasteiger partial charge in [-0.05, 0) is 38.2 Å². The average Bonchev–Trinajstić information content (AvgIpc) is 3.60. The monoisotopic (exact) mass is 536 g/mol. The van der Waals surface area contributed by atoms with Gasteiger partial charge in [0.05, 0.1) is 36.5 Å². The molecular formula is C30H45ClO6. The minimum atomic E-state index is -0.808. The third kappa shape index (κ3) is 9.49. The first-order chi connectivity index (χ1) is 17.9. The van der Waals surface area contributed by atoms with Gasteiger partial charge in [-0.25, -0.2) is 4.79 Å². The lowest BCUT2D eigenvalue weighted by atomic mass is 9.98. The first kappa shape index (κ1) is 29.8. The van der Waals surface area contributed by atoms with E-state index < -0.39 is 12.1 Å². The molecule has 0 amide bonds. The van der Waals surface area contributed by atoms with Crippen LogP contribution >= 0.6 is 11.6 Å². The van der Waals surface area contributed by atoms with Crippen LogP contribution in [0.4, 0.5) is 0 Å². The minimum absolute atomic E-state index is 0.102. The largest absolute Gasteiger partial charge is 0.493 e. The quantitative estimate of drug-likeness (QED) is 0.131. The van der Waals surface area contributed by atoms with Gasteiger partial charge in [-0.1, -0.05) is 76.1 Å². The Morgan fingerprint density at radius 2 is 1.68 bits per heavy atom. The number of fused-ring (bicyclic) bond motifs is 2. The number of benzene rings is 1. The number of ether oxygens (including phenoxy) is 4. The third-order valence-corrected chi connectivity index (χ3v) is 7.37. The maximum atomic E-state index is 13.5. The van der Waals surface area contributed by atoms with Gasteiger partial charge in [-0.2, -0.15) is 0 Å². The fraction of sp³-hybridized carbons (Fsp3) is 0.700. The summed E-state index contributed by atoms with van der Waals surface area (Å²) in [5.74, 6) is 0.390. The van der Waals surface area contributed by atoms with Crippen molar-refractivity contribution in [3.8, 4) is 11.5 Å². The van der Waals surface area contributed by atoms with Crippen molar-refractivity contribution in [1.82, 2.24) is 0 Å². The second kappa shape index (κ2) is 15.6. The average molecular weight is 537 g/mol. The maximum Gasteiger partial charge on any atom is 0.342 e. The lowest BCUT2D eigenvalue weighted by molar-refractivity contribution is 0.0303. The zero-order chi connectivity index (χ0) is 26.6. The highest BCUT2D eigenvalue weighted by Crippen LogP contribution is 2.40. The SMILES string of the molecule is CCCCCCOc1cc(OCCCCCC)c2c(c1Cl)C[C@@H](O)C=CCC[C@@H]1O[C@H]1C[C@@H](C)OC2=O. The summed E-state index contributed by atoms with van der Waals surface area (Å²) < 4.78 is 23.9. The van der Waals surface area contributed by atoms with Gasteiger partial charge in [0.2, 0.25) is 0 Å². The van der Waals surface area contributed by atoms with Crippen molar-refractivity contribution >= 4 is 17.6 Å². The van der Waals surface area contributed by atoms with Crippen LogP contribution in [0.5, 0.6) is 11.5 Å². The number of unbranched alkanes of at least 4 members (excludes halogenated alkanes) is 6. The van der Waals surface area contributed by atoms with Crippen LogP contribution < -0.4 is 9.47 Å².